The predicted molar refractivity (Wildman–Crippen MR) is 66.3 cm³/mol. The van der Waals surface area contributed by atoms with Crippen LogP contribution in [-0.4, -0.2) is 21.0 Å². The van der Waals surface area contributed by atoms with Crippen LogP contribution in [-0.2, 0) is 0 Å². The van der Waals surface area contributed by atoms with E-state index in [0.717, 1.165) is 5.00 Å². The number of hydrogen-bond acceptors (Lipinski definition) is 5. The number of nitrogens with one attached hydrogen (secondary N) is 1. The van der Waals surface area contributed by atoms with Gasteiger partial charge in [-0.1, -0.05) is 11.6 Å². The number of carboxylic acid groups (broad SMARTS) is 1. The molecular formula is C10H8ClN3O2S. The fourth-order valence-corrected chi connectivity index (χ4v) is 2.16. The molecule has 2 rings (SSSR count). The Morgan fingerprint density at radius 1 is 1.53 bits per heavy atom. The standard InChI is InChI=1S/C10H8ClN3O2S/c1-5-12-4-6(10(15)16)9(13-5)14-8-3-2-7(11)17-8/h2-4H,1H3,(H,15,16)(H,12,13,14). The second kappa shape index (κ2) is 4.68. The minimum atomic E-state index is -1.07. The first-order valence-corrected chi connectivity index (χ1v) is 5.85. The summed E-state index contributed by atoms with van der Waals surface area (Å²) in [6.07, 6.45) is 1.28. The molecule has 2 heterocycles. The molecule has 0 aliphatic heterocycles. The molecule has 0 aliphatic carbocycles. The van der Waals surface area contributed by atoms with Gasteiger partial charge < -0.3 is 10.4 Å². The number of nitrogens with zero attached hydrogens (tertiary/aromatic N) is 2. The number of aryl methyl sites for hydroxylation is 1. The van der Waals surface area contributed by atoms with Crippen molar-refractivity contribution < 1.29 is 9.90 Å². The molecule has 0 spiro atoms. The Hall–Kier alpha value is -1.66. The molecular weight excluding hydrogens is 262 g/mol. The Kier molecular flexibility index (Phi) is 3.26. The number of hydrogen-bond donors (Lipinski definition) is 2. The number of thiophene rings is 1. The lowest BCUT2D eigenvalue weighted by molar-refractivity contribution is 0.0697. The molecule has 7 heteroatoms. The Morgan fingerprint density at radius 3 is 2.88 bits per heavy atom. The summed E-state index contributed by atoms with van der Waals surface area (Å²) < 4.78 is 0.621. The van der Waals surface area contributed by atoms with Gasteiger partial charge in [-0.05, 0) is 19.1 Å². The van der Waals surface area contributed by atoms with Crippen LogP contribution in [0.15, 0.2) is 18.3 Å². The second-order valence-corrected chi connectivity index (χ2v) is 4.93. The Balaban J connectivity index is 2.37. The van der Waals surface area contributed by atoms with E-state index >= 15 is 0 Å². The number of carboxylic acids is 1. The zero-order valence-electron chi connectivity index (χ0n) is 8.77. The van der Waals surface area contributed by atoms with Crippen molar-refractivity contribution >= 4 is 39.7 Å². The molecule has 5 nitrogen and oxygen atoms in total. The van der Waals surface area contributed by atoms with Crippen LogP contribution in [0, 0.1) is 6.92 Å². The third-order valence-electron chi connectivity index (χ3n) is 1.95. The Bertz CT molecular complexity index is 570. The van der Waals surface area contributed by atoms with Crippen molar-refractivity contribution in [2.45, 2.75) is 6.92 Å². The van der Waals surface area contributed by atoms with Crippen LogP contribution < -0.4 is 5.32 Å². The van der Waals surface area contributed by atoms with E-state index in [9.17, 15) is 4.79 Å². The summed E-state index contributed by atoms with van der Waals surface area (Å²) in [5.41, 5.74) is 0.0279. The van der Waals surface area contributed by atoms with Gasteiger partial charge in [0.05, 0.1) is 9.34 Å². The molecule has 0 aliphatic rings. The maximum atomic E-state index is 11.0. The highest BCUT2D eigenvalue weighted by atomic mass is 35.5. The Morgan fingerprint density at radius 2 is 2.29 bits per heavy atom. The summed E-state index contributed by atoms with van der Waals surface area (Å²) in [5.74, 6) is -0.307. The smallest absolute Gasteiger partial charge is 0.341 e. The summed E-state index contributed by atoms with van der Waals surface area (Å²) in [6.45, 7) is 1.69. The number of carbonyl (C=O) groups is 1. The number of anilines is 2. The minimum absolute atomic E-state index is 0.0279. The molecule has 0 saturated heterocycles. The first-order chi connectivity index (χ1) is 8.06. The van der Waals surface area contributed by atoms with Crippen LogP contribution >= 0.6 is 22.9 Å². The zero-order valence-corrected chi connectivity index (χ0v) is 10.3. The van der Waals surface area contributed by atoms with E-state index in [1.165, 1.54) is 17.5 Å². The number of aromatic nitrogens is 2. The Labute approximate surface area is 106 Å². The molecule has 0 atom stereocenters. The maximum absolute atomic E-state index is 11.0. The van der Waals surface area contributed by atoms with Crippen molar-refractivity contribution in [2.24, 2.45) is 0 Å². The van der Waals surface area contributed by atoms with E-state index in [1.807, 2.05) is 0 Å². The third-order valence-corrected chi connectivity index (χ3v) is 3.10. The van der Waals surface area contributed by atoms with Crippen LogP contribution in [0.4, 0.5) is 10.8 Å². The van der Waals surface area contributed by atoms with E-state index in [4.69, 9.17) is 16.7 Å². The summed E-state index contributed by atoms with van der Waals surface area (Å²) in [4.78, 5) is 18.9. The quantitative estimate of drug-likeness (QED) is 0.896. The van der Waals surface area contributed by atoms with E-state index in [1.54, 1.807) is 19.1 Å². The topological polar surface area (TPSA) is 75.1 Å². The molecule has 0 aromatic carbocycles. The van der Waals surface area contributed by atoms with Gasteiger partial charge in [-0.25, -0.2) is 14.8 Å². The number of aromatic carboxylic acids is 1. The van der Waals surface area contributed by atoms with Gasteiger partial charge in [-0.2, -0.15) is 0 Å². The van der Waals surface area contributed by atoms with Gasteiger partial charge >= 0.3 is 5.97 Å². The highest BCUT2D eigenvalue weighted by molar-refractivity contribution is 7.19. The third kappa shape index (κ3) is 2.72. The molecule has 0 radical (unpaired) electrons. The van der Waals surface area contributed by atoms with Crippen LogP contribution in [0.3, 0.4) is 0 Å². The van der Waals surface area contributed by atoms with Crippen molar-refractivity contribution in [3.63, 3.8) is 0 Å². The van der Waals surface area contributed by atoms with E-state index in [-0.39, 0.29) is 11.4 Å². The first-order valence-electron chi connectivity index (χ1n) is 4.65. The predicted octanol–water partition coefficient (Wildman–Crippen LogP) is 2.94. The summed E-state index contributed by atoms with van der Waals surface area (Å²) in [7, 11) is 0. The maximum Gasteiger partial charge on any atom is 0.341 e. The molecule has 2 aromatic rings. The van der Waals surface area contributed by atoms with Crippen LogP contribution in [0.1, 0.15) is 16.2 Å². The largest absolute Gasteiger partial charge is 0.477 e. The summed E-state index contributed by atoms with van der Waals surface area (Å²) >= 11 is 7.10. The molecule has 0 unspecified atom stereocenters. The SMILES string of the molecule is Cc1ncc(C(=O)O)c(Nc2ccc(Cl)s2)n1. The van der Waals surface area contributed by atoms with Gasteiger partial charge in [-0.3, -0.25) is 0 Å². The normalized spacial score (nSPS) is 10.2. The lowest BCUT2D eigenvalue weighted by atomic mass is 10.3. The fourth-order valence-electron chi connectivity index (χ4n) is 1.22. The van der Waals surface area contributed by atoms with Crippen LogP contribution in [0.5, 0.6) is 0 Å². The number of rotatable bonds is 3. The van der Waals surface area contributed by atoms with Gasteiger partial charge in [0.15, 0.2) is 0 Å². The molecule has 2 aromatic heterocycles. The molecule has 17 heavy (non-hydrogen) atoms. The van der Waals surface area contributed by atoms with Crippen molar-refractivity contribution in [3.05, 3.63) is 34.1 Å². The average Bonchev–Trinajstić information content (AvgIpc) is 2.63. The minimum Gasteiger partial charge on any atom is -0.477 e. The monoisotopic (exact) mass is 269 g/mol. The molecule has 2 N–H and O–H groups in total. The molecule has 0 amide bonds. The van der Waals surface area contributed by atoms with E-state index in [0.29, 0.717) is 10.2 Å². The van der Waals surface area contributed by atoms with Gasteiger partial charge in [0.25, 0.3) is 0 Å². The molecule has 0 saturated carbocycles. The first kappa shape index (κ1) is 11.8. The summed E-state index contributed by atoms with van der Waals surface area (Å²) in [6, 6.07) is 3.49. The fraction of sp³-hybridized carbons (Fsp3) is 0.100. The van der Waals surface area contributed by atoms with E-state index in [2.05, 4.69) is 15.3 Å². The van der Waals surface area contributed by atoms with Crippen LogP contribution in [0.2, 0.25) is 4.34 Å². The highest BCUT2D eigenvalue weighted by Gasteiger charge is 2.13. The van der Waals surface area contributed by atoms with Crippen LogP contribution in [0.25, 0.3) is 0 Å². The van der Waals surface area contributed by atoms with Crippen molar-refractivity contribution in [1.29, 1.82) is 0 Å². The molecule has 0 bridgehead atoms. The van der Waals surface area contributed by atoms with Gasteiger partial charge in [0.2, 0.25) is 0 Å². The summed E-state index contributed by atoms with van der Waals surface area (Å²) in [5, 5.41) is 12.6. The van der Waals surface area contributed by atoms with Gasteiger partial charge in [0, 0.05) is 6.20 Å². The molecule has 0 fully saturated rings. The highest BCUT2D eigenvalue weighted by Crippen LogP contribution is 2.29. The van der Waals surface area contributed by atoms with Gasteiger partial charge in [-0.15, -0.1) is 11.3 Å². The van der Waals surface area contributed by atoms with Crippen molar-refractivity contribution in [3.8, 4) is 0 Å². The average molecular weight is 270 g/mol. The van der Waals surface area contributed by atoms with Crippen molar-refractivity contribution in [2.75, 3.05) is 5.32 Å². The lowest BCUT2D eigenvalue weighted by Crippen LogP contribution is -2.06. The molecule has 88 valence electrons. The van der Waals surface area contributed by atoms with Gasteiger partial charge in [0.1, 0.15) is 17.2 Å². The lowest BCUT2D eigenvalue weighted by Gasteiger charge is -2.06. The second-order valence-electron chi connectivity index (χ2n) is 3.21. The van der Waals surface area contributed by atoms with Crippen molar-refractivity contribution in [1.82, 2.24) is 9.97 Å². The zero-order chi connectivity index (χ0) is 12.4. The number of halogens is 1. The van der Waals surface area contributed by atoms with E-state index < -0.39 is 5.97 Å².